The third-order valence-corrected chi connectivity index (χ3v) is 9.07. The molecule has 5 rings (SSSR count). The van der Waals surface area contributed by atoms with Gasteiger partial charge in [-0.05, 0) is 68.5 Å². The first kappa shape index (κ1) is 38.2. The standard InChI is InChI=1S/C33H34F6N4O5.C2H6/c1-16-12-20(43-10-9-32(35,36)15-25(43)33(37,38)39)14-23(34)26(16)29(44)41-24(31(46)47)13-19-7-8-22(28-21(19)6-5-11-48-28)27-30(45)42(4)18(3)17(2)40-27;1-2/h7-8,12,14,24-25H,5-6,9-11,13,15H2,1-4H3,(H,41,44)(H,46,47);1-2H3/t24-,25-;/m0./s1. The highest BCUT2D eigenvalue weighted by atomic mass is 19.4. The fourth-order valence-corrected chi connectivity index (χ4v) is 6.30. The van der Waals surface area contributed by atoms with Crippen molar-refractivity contribution in [2.24, 2.45) is 7.05 Å². The normalized spacial score (nSPS) is 17.5. The number of carbonyl (C=O) groups excluding carboxylic acids is 1. The van der Waals surface area contributed by atoms with Gasteiger partial charge in [0.15, 0.2) is 0 Å². The number of carboxylic acid groups (broad SMARTS) is 1. The summed E-state index contributed by atoms with van der Waals surface area (Å²) in [6.45, 7) is 8.46. The number of fused-ring (bicyclic) bond motifs is 1. The molecular formula is C35H40F6N4O5. The highest BCUT2D eigenvalue weighted by molar-refractivity contribution is 5.98. The maximum absolute atomic E-state index is 15.4. The first-order valence-corrected chi connectivity index (χ1v) is 16.3. The summed E-state index contributed by atoms with van der Waals surface area (Å²) in [5, 5.41) is 12.3. The van der Waals surface area contributed by atoms with Crippen molar-refractivity contribution in [2.75, 3.05) is 18.1 Å². The van der Waals surface area contributed by atoms with E-state index in [0.29, 0.717) is 64.2 Å². The number of hydrogen-bond donors (Lipinski definition) is 2. The number of hydrogen-bond acceptors (Lipinski definition) is 6. The summed E-state index contributed by atoms with van der Waals surface area (Å²) in [7, 11) is 1.63. The summed E-state index contributed by atoms with van der Waals surface area (Å²) in [6.07, 6.45) is -6.53. The summed E-state index contributed by atoms with van der Waals surface area (Å²) in [6, 6.07) is 0.864. The number of carboxylic acids is 1. The zero-order chi connectivity index (χ0) is 37.3. The maximum atomic E-state index is 15.4. The monoisotopic (exact) mass is 710 g/mol. The zero-order valence-electron chi connectivity index (χ0n) is 28.6. The van der Waals surface area contributed by atoms with Gasteiger partial charge in [0.25, 0.3) is 17.4 Å². The van der Waals surface area contributed by atoms with Gasteiger partial charge in [-0.1, -0.05) is 19.9 Å². The van der Waals surface area contributed by atoms with Gasteiger partial charge in [0, 0.05) is 49.8 Å². The van der Waals surface area contributed by atoms with E-state index in [1.807, 2.05) is 13.8 Å². The Bertz CT molecular complexity index is 1820. The molecule has 0 aliphatic carbocycles. The van der Waals surface area contributed by atoms with E-state index < -0.39 is 66.8 Å². The van der Waals surface area contributed by atoms with Crippen LogP contribution in [0.4, 0.5) is 32.0 Å². The zero-order valence-corrected chi connectivity index (χ0v) is 28.6. The van der Waals surface area contributed by atoms with Crippen LogP contribution in [0.15, 0.2) is 29.1 Å². The largest absolute Gasteiger partial charge is 0.493 e. The van der Waals surface area contributed by atoms with Gasteiger partial charge in [0.1, 0.15) is 29.3 Å². The second-order valence-electron chi connectivity index (χ2n) is 12.3. The number of halogens is 6. The number of benzene rings is 2. The number of piperidine rings is 1. The lowest BCUT2D eigenvalue weighted by Crippen LogP contribution is -2.54. The highest BCUT2D eigenvalue weighted by Crippen LogP contribution is 2.42. The number of aliphatic carboxylic acids is 1. The van der Waals surface area contributed by atoms with E-state index in [4.69, 9.17) is 4.74 Å². The fraction of sp³-hybridized carbons (Fsp3) is 0.486. The molecule has 1 fully saturated rings. The van der Waals surface area contributed by atoms with Crippen LogP contribution in [0.3, 0.4) is 0 Å². The van der Waals surface area contributed by atoms with Crippen LogP contribution in [0.2, 0.25) is 0 Å². The molecule has 0 unspecified atom stereocenters. The Morgan fingerprint density at radius 2 is 1.84 bits per heavy atom. The predicted molar refractivity (Wildman–Crippen MR) is 175 cm³/mol. The molecule has 272 valence electrons. The Morgan fingerprint density at radius 3 is 2.46 bits per heavy atom. The molecule has 0 bridgehead atoms. The molecule has 3 aromatic rings. The smallest absolute Gasteiger partial charge is 0.408 e. The second-order valence-corrected chi connectivity index (χ2v) is 12.3. The lowest BCUT2D eigenvalue weighted by Gasteiger charge is -2.41. The number of ether oxygens (including phenoxy) is 1. The van der Waals surface area contributed by atoms with Crippen LogP contribution in [0.5, 0.6) is 5.75 Å². The quantitative estimate of drug-likeness (QED) is 0.271. The molecule has 9 nitrogen and oxygen atoms in total. The van der Waals surface area contributed by atoms with Gasteiger partial charge < -0.3 is 24.6 Å². The minimum Gasteiger partial charge on any atom is -0.493 e. The molecule has 2 aliphatic rings. The number of rotatable bonds is 7. The molecule has 1 saturated heterocycles. The Labute approximate surface area is 285 Å². The molecule has 2 atom stereocenters. The van der Waals surface area contributed by atoms with Gasteiger partial charge in [-0.25, -0.2) is 22.9 Å². The molecule has 50 heavy (non-hydrogen) atoms. The molecule has 15 heteroatoms. The SMILES string of the molecule is CC.Cc1cc(N2CCC(F)(F)C[C@H]2C(F)(F)F)cc(F)c1C(=O)N[C@@H](Cc1ccc(-c2nc(C)c(C)n(C)c2=O)c2c1CCCO2)C(=O)O. The number of nitrogens with zero attached hydrogens (tertiary/aromatic N) is 3. The van der Waals surface area contributed by atoms with Gasteiger partial charge in [-0.15, -0.1) is 0 Å². The van der Waals surface area contributed by atoms with Gasteiger partial charge in [0.05, 0.1) is 17.9 Å². The van der Waals surface area contributed by atoms with Gasteiger partial charge in [0.2, 0.25) is 0 Å². The van der Waals surface area contributed by atoms with Crippen LogP contribution < -0.4 is 20.5 Å². The summed E-state index contributed by atoms with van der Waals surface area (Å²) >= 11 is 0. The van der Waals surface area contributed by atoms with Crippen molar-refractivity contribution in [3.63, 3.8) is 0 Å². The number of amides is 1. The minimum absolute atomic E-state index is 0.109. The topological polar surface area (TPSA) is 114 Å². The first-order chi connectivity index (χ1) is 23.4. The van der Waals surface area contributed by atoms with Crippen LogP contribution >= 0.6 is 0 Å². The Kier molecular flexibility index (Phi) is 11.3. The lowest BCUT2D eigenvalue weighted by atomic mass is 9.91. The summed E-state index contributed by atoms with van der Waals surface area (Å²) in [5.41, 5.74) is 1.73. The van der Waals surface area contributed by atoms with Crippen molar-refractivity contribution in [3.8, 4) is 17.0 Å². The van der Waals surface area contributed by atoms with E-state index in [1.54, 1.807) is 33.0 Å². The number of nitrogens with one attached hydrogen (secondary N) is 1. The van der Waals surface area contributed by atoms with Crippen LogP contribution in [0, 0.1) is 26.6 Å². The summed E-state index contributed by atoms with van der Waals surface area (Å²) in [4.78, 5) is 43.8. The Hall–Kier alpha value is -4.56. The number of alkyl halides is 5. The van der Waals surface area contributed by atoms with E-state index in [2.05, 4.69) is 10.3 Å². The fourth-order valence-electron chi connectivity index (χ4n) is 6.30. The molecule has 1 aromatic heterocycles. The maximum Gasteiger partial charge on any atom is 0.408 e. The van der Waals surface area contributed by atoms with E-state index in [9.17, 15) is 41.4 Å². The minimum atomic E-state index is -5.02. The molecule has 0 saturated carbocycles. The average molecular weight is 711 g/mol. The van der Waals surface area contributed by atoms with Gasteiger partial charge in [-0.3, -0.25) is 9.59 Å². The van der Waals surface area contributed by atoms with E-state index in [1.165, 1.54) is 11.5 Å². The van der Waals surface area contributed by atoms with Crippen molar-refractivity contribution < 1.29 is 45.8 Å². The molecule has 3 heterocycles. The van der Waals surface area contributed by atoms with Crippen LogP contribution in [0.25, 0.3) is 11.3 Å². The summed E-state index contributed by atoms with van der Waals surface area (Å²) < 4.78 is 91.6. The predicted octanol–water partition coefficient (Wildman–Crippen LogP) is 6.45. The van der Waals surface area contributed by atoms with E-state index >= 15 is 4.39 Å². The molecule has 2 aliphatic heterocycles. The van der Waals surface area contributed by atoms with Crippen LogP contribution in [-0.2, 0) is 24.7 Å². The Morgan fingerprint density at radius 1 is 1.16 bits per heavy atom. The average Bonchev–Trinajstić information content (AvgIpc) is 3.05. The van der Waals surface area contributed by atoms with Gasteiger partial charge >= 0.3 is 12.1 Å². The number of anilines is 1. The molecule has 2 N–H and O–H groups in total. The molecular weight excluding hydrogens is 670 g/mol. The number of aryl methyl sites for hydroxylation is 2. The molecule has 2 aromatic carbocycles. The first-order valence-electron chi connectivity index (χ1n) is 16.3. The molecule has 0 spiro atoms. The molecule has 1 amide bonds. The lowest BCUT2D eigenvalue weighted by molar-refractivity contribution is -0.175. The van der Waals surface area contributed by atoms with Gasteiger partial charge in [-0.2, -0.15) is 13.2 Å². The highest BCUT2D eigenvalue weighted by Gasteiger charge is 2.52. The Balaban J connectivity index is 0.00000276. The van der Waals surface area contributed by atoms with E-state index in [0.717, 1.165) is 6.07 Å². The van der Waals surface area contributed by atoms with Crippen molar-refractivity contribution in [2.45, 2.75) is 90.9 Å². The number of carbonyl (C=O) groups is 2. The number of aromatic nitrogens is 2. The van der Waals surface area contributed by atoms with E-state index in [-0.39, 0.29) is 28.9 Å². The third-order valence-electron chi connectivity index (χ3n) is 9.07. The van der Waals surface area contributed by atoms with Crippen molar-refractivity contribution >= 4 is 17.6 Å². The van der Waals surface area contributed by atoms with Crippen molar-refractivity contribution in [1.82, 2.24) is 14.9 Å². The third kappa shape index (κ3) is 7.76. The molecule has 0 radical (unpaired) electrons. The second kappa shape index (κ2) is 14.7. The van der Waals surface area contributed by atoms with Crippen LogP contribution in [0.1, 0.15) is 71.5 Å². The van der Waals surface area contributed by atoms with Crippen molar-refractivity contribution in [1.29, 1.82) is 0 Å². The van der Waals surface area contributed by atoms with Crippen LogP contribution in [-0.4, -0.2) is 63.9 Å². The van der Waals surface area contributed by atoms with Crippen molar-refractivity contribution in [3.05, 3.63) is 74.1 Å². The summed E-state index contributed by atoms with van der Waals surface area (Å²) in [5.74, 6) is -6.95.